The molecule has 48 heavy (non-hydrogen) atoms. The van der Waals surface area contributed by atoms with Crippen LogP contribution in [0.1, 0.15) is 11.4 Å². The fraction of sp³-hybridized carbons (Fsp3) is 0.476. The van der Waals surface area contributed by atoms with Crippen molar-refractivity contribution in [2.45, 2.75) is 67.1 Å². The fourth-order valence-electron chi connectivity index (χ4n) is 3.04. The molecule has 0 aliphatic heterocycles. The number of rotatable bonds is 11. The van der Waals surface area contributed by atoms with E-state index in [1.54, 1.807) is 0 Å². The summed E-state index contributed by atoms with van der Waals surface area (Å²) in [6.45, 7) is 2.86. The SMILES string of the molecule is Cc1cc(C)nc(NS(=O)(=O)c2ccc(NC(=O)[C@@](F)(OC(F)(F)[C@@](F)(OC(F)(F)C(F)(F)C(F)(F)F)C(F)(F)F)C(F)(F)F)cc2)n1. The van der Waals surface area contributed by atoms with Gasteiger partial charge >= 0.3 is 48.4 Å². The van der Waals surface area contributed by atoms with Crippen molar-refractivity contribution in [3.05, 3.63) is 41.7 Å². The first kappa shape index (κ1) is 40.4. The van der Waals surface area contributed by atoms with Gasteiger partial charge in [0.1, 0.15) is 0 Å². The molecule has 1 aromatic heterocycles. The first-order valence-electron chi connectivity index (χ1n) is 11.5. The molecule has 0 saturated heterocycles. The van der Waals surface area contributed by atoms with E-state index in [1.165, 1.54) is 24.7 Å². The van der Waals surface area contributed by atoms with E-state index >= 15 is 0 Å². The maximum Gasteiger partial charge on any atom is 0.462 e. The molecule has 1 amide bonds. The largest absolute Gasteiger partial charge is 0.462 e. The van der Waals surface area contributed by atoms with Gasteiger partial charge in [-0.1, -0.05) is 0 Å². The summed E-state index contributed by atoms with van der Waals surface area (Å²) in [5.41, 5.74) is -0.676. The second kappa shape index (κ2) is 12.3. The molecular formula is C21H13F17N4O5S. The number of aryl methyl sites for hydroxylation is 2. The molecule has 0 bridgehead atoms. The Bertz CT molecular complexity index is 1590. The van der Waals surface area contributed by atoms with Crippen molar-refractivity contribution in [1.29, 1.82) is 0 Å². The molecule has 2 aromatic rings. The Hall–Kier alpha value is -3.75. The third-order valence-electron chi connectivity index (χ3n) is 5.29. The lowest BCUT2D eigenvalue weighted by Gasteiger charge is -2.40. The zero-order chi connectivity index (χ0) is 37.7. The third-order valence-corrected chi connectivity index (χ3v) is 6.63. The lowest BCUT2D eigenvalue weighted by atomic mass is 10.2. The molecule has 1 heterocycles. The molecule has 0 saturated carbocycles. The van der Waals surface area contributed by atoms with Crippen LogP contribution in [0.3, 0.4) is 0 Å². The summed E-state index contributed by atoms with van der Waals surface area (Å²) in [6.07, 6.45) is -39.1. The molecule has 0 spiro atoms. The molecule has 27 heteroatoms. The third kappa shape index (κ3) is 7.76. The van der Waals surface area contributed by atoms with E-state index in [0.717, 1.165) is 5.32 Å². The maximum absolute atomic E-state index is 14.8. The quantitative estimate of drug-likeness (QED) is 0.245. The number of nitrogens with one attached hydrogen (secondary N) is 2. The van der Waals surface area contributed by atoms with Gasteiger partial charge in [0.15, 0.2) is 0 Å². The van der Waals surface area contributed by atoms with Gasteiger partial charge in [0.05, 0.1) is 4.90 Å². The molecule has 0 aliphatic rings. The lowest BCUT2D eigenvalue weighted by Crippen LogP contribution is -2.68. The second-order valence-electron chi connectivity index (χ2n) is 9.05. The van der Waals surface area contributed by atoms with Gasteiger partial charge in [-0.25, -0.2) is 23.1 Å². The van der Waals surface area contributed by atoms with E-state index < -0.39 is 80.8 Å². The van der Waals surface area contributed by atoms with Crippen molar-refractivity contribution in [3.63, 3.8) is 0 Å². The Kier molecular flexibility index (Phi) is 10.4. The summed E-state index contributed by atoms with van der Waals surface area (Å²) in [4.78, 5) is 18.7. The van der Waals surface area contributed by atoms with Crippen molar-refractivity contribution in [3.8, 4) is 0 Å². The van der Waals surface area contributed by atoms with Crippen LogP contribution in [0.25, 0.3) is 0 Å². The fourth-order valence-corrected chi connectivity index (χ4v) is 3.99. The maximum atomic E-state index is 14.8. The van der Waals surface area contributed by atoms with E-state index in [4.69, 9.17) is 0 Å². The Morgan fingerprint density at radius 1 is 0.667 bits per heavy atom. The summed E-state index contributed by atoms with van der Waals surface area (Å²) in [6, 6.07) is 2.86. The molecular weight excluding hydrogens is 743 g/mol. The number of carbonyl (C=O) groups is 1. The number of amides is 1. The average molecular weight is 756 g/mol. The standard InChI is InChI=1S/C21H13F17N4O5S/c1-8-7-9(2)40-13(39-8)42-48(44,45)11-5-3-10(4-6-11)41-12(43)14(22,17(26,27)28)46-21(37,38)16(25,19(32,33)34)47-20(35,36)15(23,24)18(29,30)31/h3-7H,1-2H3,(H,41,43)(H,39,40,42)/t14-,16+/m1/s1. The molecule has 0 radical (unpaired) electrons. The molecule has 2 atom stereocenters. The van der Waals surface area contributed by atoms with Gasteiger partial charge in [-0.2, -0.15) is 74.6 Å². The van der Waals surface area contributed by atoms with Gasteiger partial charge in [-0.3, -0.25) is 14.3 Å². The van der Waals surface area contributed by atoms with E-state index in [2.05, 4.69) is 9.97 Å². The number of benzene rings is 1. The molecule has 2 N–H and O–H groups in total. The van der Waals surface area contributed by atoms with Crippen LogP contribution < -0.4 is 10.0 Å². The van der Waals surface area contributed by atoms with E-state index in [1.807, 2.05) is 9.46 Å². The highest BCUT2D eigenvalue weighted by Crippen LogP contribution is 2.56. The minimum Gasteiger partial charge on any atom is -0.321 e. The minimum absolute atomic E-state index is 0.269. The van der Waals surface area contributed by atoms with Gasteiger partial charge in [-0.15, -0.1) is 0 Å². The number of sulfonamides is 1. The Morgan fingerprint density at radius 3 is 1.52 bits per heavy atom. The summed E-state index contributed by atoms with van der Waals surface area (Å²) >= 11 is 0. The Balaban J connectivity index is 2.47. The molecule has 1 aromatic carbocycles. The van der Waals surface area contributed by atoms with E-state index in [0.29, 0.717) is 24.3 Å². The van der Waals surface area contributed by atoms with Crippen molar-refractivity contribution in [2.75, 3.05) is 10.0 Å². The van der Waals surface area contributed by atoms with Crippen LogP contribution in [0.15, 0.2) is 35.2 Å². The van der Waals surface area contributed by atoms with Gasteiger partial charge in [-0.05, 0) is 44.2 Å². The smallest absolute Gasteiger partial charge is 0.321 e. The number of anilines is 2. The number of carbonyl (C=O) groups excluding carboxylic acids is 1. The first-order valence-corrected chi connectivity index (χ1v) is 13.0. The predicted molar refractivity (Wildman–Crippen MR) is 120 cm³/mol. The van der Waals surface area contributed by atoms with Crippen LogP contribution in [0.5, 0.6) is 0 Å². The predicted octanol–water partition coefficient (Wildman–Crippen LogP) is 6.71. The normalized spacial score (nSPS) is 16.6. The molecule has 9 nitrogen and oxygen atoms in total. The monoisotopic (exact) mass is 756 g/mol. The zero-order valence-corrected chi connectivity index (χ0v) is 23.5. The number of alkyl halides is 17. The van der Waals surface area contributed by atoms with Crippen LogP contribution in [0.4, 0.5) is 86.3 Å². The highest BCUT2D eigenvalue weighted by molar-refractivity contribution is 7.92. The van der Waals surface area contributed by atoms with Crippen LogP contribution in [-0.4, -0.2) is 72.7 Å². The van der Waals surface area contributed by atoms with Crippen molar-refractivity contribution < 1.29 is 97.3 Å². The average Bonchev–Trinajstić information content (AvgIpc) is 2.85. The number of hydrogen-bond donors (Lipinski definition) is 2. The van der Waals surface area contributed by atoms with Crippen molar-refractivity contribution in [1.82, 2.24) is 9.97 Å². The van der Waals surface area contributed by atoms with Gasteiger partial charge in [0, 0.05) is 17.1 Å². The molecule has 0 aliphatic carbocycles. The topological polar surface area (TPSA) is 120 Å². The Labute approximate surface area is 254 Å². The summed E-state index contributed by atoms with van der Waals surface area (Å²) < 4.78 is 256. The second-order valence-corrected chi connectivity index (χ2v) is 10.7. The first-order chi connectivity index (χ1) is 21.1. The zero-order valence-electron chi connectivity index (χ0n) is 22.7. The highest BCUT2D eigenvalue weighted by Gasteiger charge is 2.85. The van der Waals surface area contributed by atoms with Gasteiger partial charge in [0.25, 0.3) is 15.9 Å². The van der Waals surface area contributed by atoms with Gasteiger partial charge in [0.2, 0.25) is 5.95 Å². The number of hydrogen-bond acceptors (Lipinski definition) is 7. The molecule has 0 unspecified atom stereocenters. The van der Waals surface area contributed by atoms with E-state index in [9.17, 15) is 87.8 Å². The molecule has 0 fully saturated rings. The van der Waals surface area contributed by atoms with Crippen molar-refractivity contribution >= 4 is 27.6 Å². The number of ether oxygens (including phenoxy) is 2. The molecule has 272 valence electrons. The summed E-state index contributed by atoms with van der Waals surface area (Å²) in [7, 11) is -4.65. The van der Waals surface area contributed by atoms with E-state index in [-0.39, 0.29) is 11.4 Å². The Morgan fingerprint density at radius 2 is 1.12 bits per heavy atom. The molecule has 2 rings (SSSR count). The van der Waals surface area contributed by atoms with Crippen LogP contribution >= 0.6 is 0 Å². The van der Waals surface area contributed by atoms with Crippen LogP contribution in [-0.2, 0) is 24.3 Å². The van der Waals surface area contributed by atoms with Crippen LogP contribution in [0, 0.1) is 13.8 Å². The summed E-state index contributed by atoms with van der Waals surface area (Å²) in [5.74, 6) is -27.3. The highest BCUT2D eigenvalue weighted by atomic mass is 32.2. The number of aromatic nitrogens is 2. The van der Waals surface area contributed by atoms with Crippen molar-refractivity contribution in [2.24, 2.45) is 0 Å². The number of nitrogens with zero attached hydrogens (tertiary/aromatic N) is 2. The lowest BCUT2D eigenvalue weighted by molar-refractivity contribution is -0.548. The minimum atomic E-state index is -8.16. The number of halogens is 17. The van der Waals surface area contributed by atoms with Gasteiger partial charge < -0.3 is 5.32 Å². The summed E-state index contributed by atoms with van der Waals surface area (Å²) in [5, 5.41) is 0.744. The van der Waals surface area contributed by atoms with Crippen LogP contribution in [0.2, 0.25) is 0 Å².